The van der Waals surface area contributed by atoms with E-state index in [1.54, 1.807) is 24.3 Å². The van der Waals surface area contributed by atoms with Gasteiger partial charge in [0, 0.05) is 36.9 Å². The summed E-state index contributed by atoms with van der Waals surface area (Å²) in [6.45, 7) is 8.52. The standard InChI is InChI=1S/C27H29N3O3/c1-18-7-6-9-22(15-18)30-14-13-29(17-20(30)3)25-12-11-21(27(32)33)16-24(25)28-26(31)23-10-5-4-8-19(23)2/h4-12,15-16,20H,13-14,17H2,1-3H3,(H,28,31)(H,32,33)/t20-/m1/s1. The van der Waals surface area contributed by atoms with Gasteiger partial charge >= 0.3 is 5.97 Å². The lowest BCUT2D eigenvalue weighted by molar-refractivity contribution is 0.0696. The number of piperazine rings is 1. The van der Waals surface area contributed by atoms with E-state index in [0.29, 0.717) is 11.3 Å². The molecule has 0 saturated carbocycles. The summed E-state index contributed by atoms with van der Waals surface area (Å²) in [5, 5.41) is 12.5. The fourth-order valence-corrected chi connectivity index (χ4v) is 4.43. The highest BCUT2D eigenvalue weighted by Gasteiger charge is 2.26. The average molecular weight is 444 g/mol. The number of carbonyl (C=O) groups is 2. The SMILES string of the molecule is Cc1cccc(N2CCN(c3ccc(C(=O)O)cc3NC(=O)c3ccccc3C)C[C@H]2C)c1. The van der Waals surface area contributed by atoms with E-state index in [0.717, 1.165) is 30.9 Å². The molecule has 170 valence electrons. The van der Waals surface area contributed by atoms with Gasteiger partial charge in [0.2, 0.25) is 0 Å². The number of nitrogens with zero attached hydrogens (tertiary/aromatic N) is 2. The van der Waals surface area contributed by atoms with Crippen LogP contribution >= 0.6 is 0 Å². The number of amides is 1. The van der Waals surface area contributed by atoms with Crippen molar-refractivity contribution in [3.63, 3.8) is 0 Å². The minimum Gasteiger partial charge on any atom is -0.478 e. The highest BCUT2D eigenvalue weighted by atomic mass is 16.4. The van der Waals surface area contributed by atoms with Gasteiger partial charge in [-0.05, 0) is 68.3 Å². The van der Waals surface area contributed by atoms with Gasteiger partial charge < -0.3 is 20.2 Å². The van der Waals surface area contributed by atoms with Gasteiger partial charge in [-0.1, -0.05) is 30.3 Å². The highest BCUT2D eigenvalue weighted by molar-refractivity contribution is 6.07. The molecule has 6 heteroatoms. The molecule has 0 spiro atoms. The molecule has 1 amide bonds. The number of rotatable bonds is 5. The van der Waals surface area contributed by atoms with Gasteiger partial charge in [-0.15, -0.1) is 0 Å². The van der Waals surface area contributed by atoms with Crippen LogP contribution in [0, 0.1) is 13.8 Å². The number of benzene rings is 3. The van der Waals surface area contributed by atoms with Crippen molar-refractivity contribution in [2.75, 3.05) is 34.8 Å². The summed E-state index contributed by atoms with van der Waals surface area (Å²) < 4.78 is 0. The highest BCUT2D eigenvalue weighted by Crippen LogP contribution is 2.31. The third-order valence-electron chi connectivity index (χ3n) is 6.18. The second-order valence-corrected chi connectivity index (χ2v) is 8.63. The second-order valence-electron chi connectivity index (χ2n) is 8.63. The minimum atomic E-state index is -1.02. The molecule has 0 bridgehead atoms. The van der Waals surface area contributed by atoms with Gasteiger partial charge in [-0.2, -0.15) is 0 Å². The molecule has 1 heterocycles. The molecular formula is C27H29N3O3. The van der Waals surface area contributed by atoms with E-state index in [9.17, 15) is 14.7 Å². The molecule has 1 aliphatic heterocycles. The zero-order valence-electron chi connectivity index (χ0n) is 19.2. The number of aryl methyl sites for hydroxylation is 2. The molecule has 4 rings (SSSR count). The van der Waals surface area contributed by atoms with E-state index in [4.69, 9.17) is 0 Å². The van der Waals surface area contributed by atoms with Crippen molar-refractivity contribution in [3.05, 3.63) is 89.0 Å². The topological polar surface area (TPSA) is 72.9 Å². The average Bonchev–Trinajstić information content (AvgIpc) is 2.79. The number of nitrogens with one attached hydrogen (secondary N) is 1. The first-order valence-corrected chi connectivity index (χ1v) is 11.2. The van der Waals surface area contributed by atoms with Crippen LogP contribution in [0.1, 0.15) is 38.8 Å². The van der Waals surface area contributed by atoms with Gasteiger partial charge in [0.15, 0.2) is 0 Å². The Morgan fingerprint density at radius 2 is 1.76 bits per heavy atom. The molecule has 1 atom stereocenters. The van der Waals surface area contributed by atoms with E-state index < -0.39 is 5.97 Å². The Bertz CT molecular complexity index is 1190. The smallest absolute Gasteiger partial charge is 0.335 e. The minimum absolute atomic E-state index is 0.144. The first-order valence-electron chi connectivity index (χ1n) is 11.2. The fraction of sp³-hybridized carbons (Fsp3) is 0.259. The summed E-state index contributed by atoms with van der Waals surface area (Å²) in [4.78, 5) is 29.2. The van der Waals surface area contributed by atoms with Gasteiger partial charge in [0.25, 0.3) is 5.91 Å². The Morgan fingerprint density at radius 1 is 0.970 bits per heavy atom. The summed E-state index contributed by atoms with van der Waals surface area (Å²) in [6.07, 6.45) is 0. The molecule has 0 aliphatic carbocycles. The van der Waals surface area contributed by atoms with E-state index in [-0.39, 0.29) is 17.5 Å². The summed E-state index contributed by atoms with van der Waals surface area (Å²) in [7, 11) is 0. The Morgan fingerprint density at radius 3 is 2.45 bits per heavy atom. The Hall–Kier alpha value is -3.80. The first kappa shape index (κ1) is 22.4. The summed E-state index contributed by atoms with van der Waals surface area (Å²) in [5.41, 5.74) is 5.36. The maximum Gasteiger partial charge on any atom is 0.335 e. The number of carboxylic acid groups (broad SMARTS) is 1. The number of carbonyl (C=O) groups excluding carboxylic acids is 1. The van der Waals surface area contributed by atoms with Gasteiger partial charge in [-0.25, -0.2) is 4.79 Å². The van der Waals surface area contributed by atoms with Crippen molar-refractivity contribution >= 4 is 28.9 Å². The number of anilines is 3. The lowest BCUT2D eigenvalue weighted by Gasteiger charge is -2.43. The summed E-state index contributed by atoms with van der Waals surface area (Å²) in [6, 6.07) is 21.1. The predicted octanol–water partition coefficient (Wildman–Crippen LogP) is 4.97. The number of hydrogen-bond donors (Lipinski definition) is 2. The van der Waals surface area contributed by atoms with Crippen LogP contribution in [0.25, 0.3) is 0 Å². The van der Waals surface area contributed by atoms with E-state index in [1.807, 2.05) is 25.1 Å². The molecule has 1 fully saturated rings. The Labute approximate surface area is 194 Å². The van der Waals surface area contributed by atoms with Crippen LogP contribution in [0.5, 0.6) is 0 Å². The molecule has 3 aromatic rings. The number of aromatic carboxylic acids is 1. The predicted molar refractivity (Wildman–Crippen MR) is 133 cm³/mol. The monoisotopic (exact) mass is 443 g/mol. The molecule has 0 radical (unpaired) electrons. The molecule has 2 N–H and O–H groups in total. The number of carboxylic acids is 1. The van der Waals surface area contributed by atoms with Crippen LogP contribution in [-0.4, -0.2) is 42.7 Å². The van der Waals surface area contributed by atoms with E-state index in [1.165, 1.54) is 11.3 Å². The van der Waals surface area contributed by atoms with Gasteiger partial charge in [-0.3, -0.25) is 4.79 Å². The summed E-state index contributed by atoms with van der Waals surface area (Å²) in [5.74, 6) is -1.27. The van der Waals surface area contributed by atoms with Gasteiger partial charge in [0.1, 0.15) is 0 Å². The third kappa shape index (κ3) is 4.85. The largest absolute Gasteiger partial charge is 0.478 e. The van der Waals surface area contributed by atoms with Crippen LogP contribution in [-0.2, 0) is 0 Å². The molecule has 3 aromatic carbocycles. The maximum atomic E-state index is 13.0. The molecule has 0 unspecified atom stereocenters. The maximum absolute atomic E-state index is 13.0. The van der Waals surface area contributed by atoms with Crippen molar-refractivity contribution in [2.45, 2.75) is 26.8 Å². The van der Waals surface area contributed by atoms with Crippen LogP contribution in [0.4, 0.5) is 17.1 Å². The second kappa shape index (κ2) is 9.36. The van der Waals surface area contributed by atoms with E-state index in [2.05, 4.69) is 53.2 Å². The fourth-order valence-electron chi connectivity index (χ4n) is 4.43. The molecule has 33 heavy (non-hydrogen) atoms. The third-order valence-corrected chi connectivity index (χ3v) is 6.18. The van der Waals surface area contributed by atoms with Crippen molar-refractivity contribution < 1.29 is 14.7 Å². The summed E-state index contributed by atoms with van der Waals surface area (Å²) >= 11 is 0. The van der Waals surface area contributed by atoms with Crippen LogP contribution in [0.2, 0.25) is 0 Å². The molecular weight excluding hydrogens is 414 g/mol. The van der Waals surface area contributed by atoms with Crippen molar-refractivity contribution in [1.29, 1.82) is 0 Å². The first-order chi connectivity index (χ1) is 15.8. The van der Waals surface area contributed by atoms with Crippen molar-refractivity contribution in [3.8, 4) is 0 Å². The molecule has 0 aromatic heterocycles. The van der Waals surface area contributed by atoms with E-state index >= 15 is 0 Å². The Balaban J connectivity index is 1.60. The lowest BCUT2D eigenvalue weighted by Crippen LogP contribution is -2.52. The van der Waals surface area contributed by atoms with Crippen LogP contribution in [0.15, 0.2) is 66.7 Å². The number of hydrogen-bond acceptors (Lipinski definition) is 4. The quantitative estimate of drug-likeness (QED) is 0.583. The zero-order chi connectivity index (χ0) is 23.5. The van der Waals surface area contributed by atoms with Crippen molar-refractivity contribution in [1.82, 2.24) is 0 Å². The van der Waals surface area contributed by atoms with Crippen LogP contribution in [0.3, 0.4) is 0 Å². The van der Waals surface area contributed by atoms with Crippen LogP contribution < -0.4 is 15.1 Å². The lowest BCUT2D eigenvalue weighted by atomic mass is 10.1. The normalized spacial score (nSPS) is 15.9. The molecule has 1 aliphatic rings. The van der Waals surface area contributed by atoms with Crippen molar-refractivity contribution in [2.24, 2.45) is 0 Å². The molecule has 1 saturated heterocycles. The Kier molecular flexibility index (Phi) is 6.36. The molecule has 6 nitrogen and oxygen atoms in total. The van der Waals surface area contributed by atoms with Gasteiger partial charge in [0.05, 0.1) is 16.9 Å². The zero-order valence-corrected chi connectivity index (χ0v) is 19.2.